The minimum Gasteiger partial charge on any atom is -0.468 e. The molecule has 2 N–H and O–H groups in total. The number of aliphatic hydroxyl groups excluding tert-OH is 1. The van der Waals surface area contributed by atoms with Crippen LogP contribution in [0.5, 0.6) is 5.88 Å². The first kappa shape index (κ1) is 32.8. The summed E-state index contributed by atoms with van der Waals surface area (Å²) in [5, 5.41) is 19.3. The average molecular weight is 683 g/mol. The van der Waals surface area contributed by atoms with Crippen molar-refractivity contribution in [1.82, 2.24) is 19.5 Å². The van der Waals surface area contributed by atoms with Gasteiger partial charge in [0.25, 0.3) is 5.88 Å². The van der Waals surface area contributed by atoms with Crippen molar-refractivity contribution in [3.05, 3.63) is 92.7 Å². The van der Waals surface area contributed by atoms with Gasteiger partial charge in [0, 0.05) is 23.0 Å². The van der Waals surface area contributed by atoms with Gasteiger partial charge in [-0.3, -0.25) is 0 Å². The number of hydrogen-bond donors (Lipinski definition) is 2. The number of aromatic nitrogens is 4. The summed E-state index contributed by atoms with van der Waals surface area (Å²) in [6.45, 7) is 3.85. The number of thiazole rings is 1. The van der Waals surface area contributed by atoms with E-state index in [1.165, 1.54) is 6.07 Å². The summed E-state index contributed by atoms with van der Waals surface area (Å²) >= 11 is 0.307. The first-order valence-corrected chi connectivity index (χ1v) is 14.9. The first-order chi connectivity index (χ1) is 22.1. The van der Waals surface area contributed by atoms with E-state index in [9.17, 15) is 27.8 Å². The Labute approximate surface area is 266 Å². The molecule has 248 valence electrons. The van der Waals surface area contributed by atoms with Crippen molar-refractivity contribution in [2.24, 2.45) is 5.41 Å². The van der Waals surface area contributed by atoms with Gasteiger partial charge in [-0.05, 0) is 42.0 Å². The van der Waals surface area contributed by atoms with Crippen LogP contribution in [0.3, 0.4) is 0 Å². The van der Waals surface area contributed by atoms with E-state index in [4.69, 9.17) is 9.47 Å². The van der Waals surface area contributed by atoms with Crippen molar-refractivity contribution in [2.75, 3.05) is 13.2 Å². The quantitative estimate of drug-likeness (QED) is 0.136. The number of halogens is 7. The van der Waals surface area contributed by atoms with Crippen molar-refractivity contribution >= 4 is 22.4 Å². The lowest BCUT2D eigenvalue weighted by molar-refractivity contribution is -0.134. The number of benzene rings is 2. The second-order valence-electron chi connectivity index (χ2n) is 11.7. The van der Waals surface area contributed by atoms with Crippen LogP contribution in [0.2, 0.25) is 0 Å². The van der Waals surface area contributed by atoms with E-state index in [1.54, 1.807) is 4.57 Å². The molecule has 1 atom stereocenters. The molecule has 4 heterocycles. The van der Waals surface area contributed by atoms with Crippen LogP contribution >= 0.6 is 11.3 Å². The van der Waals surface area contributed by atoms with Gasteiger partial charge < -0.3 is 24.3 Å². The second-order valence-corrected chi connectivity index (χ2v) is 12.8. The predicted octanol–water partition coefficient (Wildman–Crippen LogP) is 6.88. The van der Waals surface area contributed by atoms with Gasteiger partial charge in [-0.15, -0.1) is 11.3 Å². The molecule has 1 aliphatic heterocycles. The van der Waals surface area contributed by atoms with Gasteiger partial charge in [0.1, 0.15) is 39.5 Å². The molecule has 0 unspecified atom stereocenters. The van der Waals surface area contributed by atoms with Gasteiger partial charge in [-0.1, -0.05) is 13.8 Å². The summed E-state index contributed by atoms with van der Waals surface area (Å²) in [5.74, 6) is -4.12. The highest BCUT2D eigenvalue weighted by atomic mass is 32.1. The molecule has 1 aliphatic rings. The fourth-order valence-electron chi connectivity index (χ4n) is 5.43. The number of fused-ring (bicyclic) bond motifs is 1. The Hall–Kier alpha value is -4.12. The Morgan fingerprint density at radius 3 is 2.45 bits per heavy atom. The summed E-state index contributed by atoms with van der Waals surface area (Å²) in [6.07, 6.45) is -6.24. The normalized spacial score (nSPS) is 16.5. The third-order valence-corrected chi connectivity index (χ3v) is 8.86. The van der Waals surface area contributed by atoms with Gasteiger partial charge in [-0.2, -0.15) is 13.2 Å². The van der Waals surface area contributed by atoms with Crippen molar-refractivity contribution < 1.29 is 50.4 Å². The molecule has 0 saturated carbocycles. The summed E-state index contributed by atoms with van der Waals surface area (Å²) in [6, 6.07) is 5.63. The van der Waals surface area contributed by atoms with Crippen molar-refractivity contribution in [2.45, 2.75) is 45.4 Å². The highest BCUT2D eigenvalue weighted by Crippen LogP contribution is 2.41. The molecular weight excluding hydrogens is 657 g/mol. The van der Waals surface area contributed by atoms with Gasteiger partial charge >= 0.3 is 6.18 Å². The maximum Gasteiger partial charge on any atom is 0.427 e. The topological polar surface area (TPSA) is 103 Å². The monoisotopic (exact) mass is 682 g/mol. The minimum absolute atomic E-state index is 0.0972. The zero-order valence-electron chi connectivity index (χ0n) is 24.6. The van der Waals surface area contributed by atoms with E-state index in [-0.39, 0.29) is 57.3 Å². The maximum atomic E-state index is 15.6. The molecule has 0 aliphatic carbocycles. The Balaban J connectivity index is 1.32. The largest absolute Gasteiger partial charge is 0.468 e. The SMILES string of the molecule is CC1(C)COC[C@H]1n1c(Cc2cc(F)c(-c3ccc(F)c(OCc4ncc(C(F)(F)F)s4)n3)cc2F)nc2c(F)cc(C(O)O)cc21. The molecule has 2 aromatic carbocycles. The molecule has 16 heteroatoms. The van der Waals surface area contributed by atoms with Gasteiger partial charge in [0.05, 0.1) is 36.7 Å². The number of rotatable bonds is 8. The summed E-state index contributed by atoms with van der Waals surface area (Å²) in [4.78, 5) is 10.9. The van der Waals surface area contributed by atoms with E-state index in [1.807, 2.05) is 13.8 Å². The zero-order chi connectivity index (χ0) is 33.8. The van der Waals surface area contributed by atoms with Crippen LogP contribution in [0.4, 0.5) is 30.7 Å². The number of alkyl halides is 3. The number of aliphatic hydroxyl groups is 2. The molecule has 0 bridgehead atoms. The summed E-state index contributed by atoms with van der Waals surface area (Å²) in [5.41, 5.74) is -1.18. The zero-order valence-corrected chi connectivity index (χ0v) is 25.4. The molecule has 3 aromatic heterocycles. The molecule has 1 fully saturated rings. The molecule has 0 spiro atoms. The second kappa shape index (κ2) is 12.2. The van der Waals surface area contributed by atoms with Crippen LogP contribution < -0.4 is 4.74 Å². The van der Waals surface area contributed by atoms with E-state index in [0.29, 0.717) is 24.1 Å². The van der Waals surface area contributed by atoms with Crippen molar-refractivity contribution in [1.29, 1.82) is 0 Å². The van der Waals surface area contributed by atoms with E-state index in [2.05, 4.69) is 15.0 Å². The third kappa shape index (κ3) is 6.42. The Bertz CT molecular complexity index is 1980. The van der Waals surface area contributed by atoms with E-state index >= 15 is 13.2 Å². The van der Waals surface area contributed by atoms with Gasteiger partial charge in [0.15, 0.2) is 17.9 Å². The van der Waals surface area contributed by atoms with Crippen molar-refractivity contribution in [3.63, 3.8) is 0 Å². The fourth-order valence-corrected chi connectivity index (χ4v) is 6.12. The van der Waals surface area contributed by atoms with E-state index < -0.39 is 64.6 Å². The number of nitrogens with zero attached hydrogens (tertiary/aromatic N) is 4. The molecule has 5 aromatic rings. The lowest BCUT2D eigenvalue weighted by atomic mass is 9.87. The van der Waals surface area contributed by atoms with Crippen molar-refractivity contribution in [3.8, 4) is 17.1 Å². The van der Waals surface area contributed by atoms with Crippen LogP contribution in [0.15, 0.2) is 42.6 Å². The highest BCUT2D eigenvalue weighted by Gasteiger charge is 2.39. The van der Waals surface area contributed by atoms with Crippen LogP contribution in [0.1, 0.15) is 53.0 Å². The highest BCUT2D eigenvalue weighted by molar-refractivity contribution is 7.11. The molecule has 0 radical (unpaired) electrons. The Morgan fingerprint density at radius 2 is 1.79 bits per heavy atom. The predicted molar refractivity (Wildman–Crippen MR) is 154 cm³/mol. The van der Waals surface area contributed by atoms with Crippen LogP contribution in [0.25, 0.3) is 22.3 Å². The summed E-state index contributed by atoms with van der Waals surface area (Å²) in [7, 11) is 0. The molecule has 6 rings (SSSR count). The standard InChI is InChI=1S/C31H25F7N4O4S/c1-30(2)13-45-11-23(30)42-22-7-15(29(43)44)6-20(35)27(22)41-25(42)8-14-5-19(34)16(9-18(14)33)21-4-3-17(32)28(40-21)46-12-26-39-10-24(47-26)31(36,37)38/h3-7,9-10,23,29,43-44H,8,11-13H2,1-2H3/t23-/m1/s1. The summed E-state index contributed by atoms with van der Waals surface area (Å²) < 4.78 is 112. The Morgan fingerprint density at radius 1 is 1.02 bits per heavy atom. The average Bonchev–Trinajstić information content (AvgIpc) is 3.71. The van der Waals surface area contributed by atoms with Crippen LogP contribution in [-0.2, 0) is 23.9 Å². The number of pyridine rings is 1. The minimum atomic E-state index is -4.61. The van der Waals surface area contributed by atoms with Gasteiger partial charge in [0.2, 0.25) is 0 Å². The third-order valence-electron chi connectivity index (χ3n) is 7.85. The lowest BCUT2D eigenvalue weighted by Crippen LogP contribution is -2.27. The molecular formula is C31H25F7N4O4S. The van der Waals surface area contributed by atoms with Gasteiger partial charge in [-0.25, -0.2) is 32.5 Å². The fraction of sp³-hybridized carbons (Fsp3) is 0.323. The number of ether oxygens (including phenoxy) is 2. The van der Waals surface area contributed by atoms with E-state index in [0.717, 1.165) is 30.3 Å². The smallest absolute Gasteiger partial charge is 0.427 e. The number of hydrogen-bond acceptors (Lipinski definition) is 8. The lowest BCUT2D eigenvalue weighted by Gasteiger charge is -2.28. The molecule has 47 heavy (non-hydrogen) atoms. The first-order valence-electron chi connectivity index (χ1n) is 14.1. The van der Waals surface area contributed by atoms with Crippen LogP contribution in [-0.4, -0.2) is 42.9 Å². The Kier molecular flexibility index (Phi) is 8.48. The molecule has 8 nitrogen and oxygen atoms in total. The maximum absolute atomic E-state index is 15.6. The van der Waals surface area contributed by atoms with Crippen LogP contribution in [0, 0.1) is 28.7 Å². The molecule has 0 amide bonds. The number of imidazole rings is 1. The molecule has 1 saturated heterocycles.